The Morgan fingerprint density at radius 3 is 0.900 bits per heavy atom. The second-order valence-electron chi connectivity index (χ2n) is 13.5. The van der Waals surface area contributed by atoms with Gasteiger partial charge >= 0.3 is 0 Å². The molecule has 0 spiro atoms. The van der Waals surface area contributed by atoms with Crippen molar-refractivity contribution in [3.8, 4) is 0 Å². The Kier molecular flexibility index (Phi) is 27.5. The van der Waals surface area contributed by atoms with E-state index in [2.05, 4.69) is 18.1 Å². The van der Waals surface area contributed by atoms with Gasteiger partial charge in [-0.25, -0.2) is 0 Å². The molecule has 0 aliphatic carbocycles. The van der Waals surface area contributed by atoms with Gasteiger partial charge in [0.15, 0.2) is 0 Å². The first-order valence-corrected chi connectivity index (χ1v) is 25.0. The minimum Gasteiger partial charge on any atom is -0.756 e. The van der Waals surface area contributed by atoms with Crippen LogP contribution < -0.4 is 19.6 Å². The van der Waals surface area contributed by atoms with Crippen LogP contribution in [0.4, 0.5) is 0 Å². The predicted molar refractivity (Wildman–Crippen MR) is 188 cm³/mol. The molecular formula is C28H58O16P4S2-4. The first-order chi connectivity index (χ1) is 23.0. The minimum absolute atomic E-state index is 0.0282. The normalized spacial score (nSPS) is 17.6. The Hall–Kier alpha value is 1.14. The topological polar surface area (TPSA) is 234 Å². The predicted octanol–water partition coefficient (Wildman–Crippen LogP) is 6.37. The Morgan fingerprint density at radius 2 is 0.620 bits per heavy atom. The van der Waals surface area contributed by atoms with E-state index in [1.54, 1.807) is 21.6 Å². The van der Waals surface area contributed by atoms with Gasteiger partial charge in [0.1, 0.15) is 0 Å². The molecule has 22 heteroatoms. The van der Waals surface area contributed by atoms with Gasteiger partial charge in [-0.05, 0) is 49.4 Å². The molecule has 0 heterocycles. The summed E-state index contributed by atoms with van der Waals surface area (Å²) in [6.07, 6.45) is 7.41. The Balaban J connectivity index is 3.64. The lowest BCUT2D eigenvalue weighted by atomic mass is 9.93. The molecule has 4 atom stereocenters. The number of rotatable bonds is 33. The van der Waals surface area contributed by atoms with E-state index in [-0.39, 0.29) is 37.3 Å². The molecule has 0 saturated heterocycles. The summed E-state index contributed by atoms with van der Waals surface area (Å²) in [6.45, 7) is 9.48. The van der Waals surface area contributed by atoms with Crippen LogP contribution in [-0.2, 0) is 54.5 Å². The van der Waals surface area contributed by atoms with Crippen LogP contribution >= 0.6 is 52.9 Å². The van der Waals surface area contributed by atoms with E-state index in [0.29, 0.717) is 25.7 Å². The van der Waals surface area contributed by atoms with Crippen LogP contribution in [0.3, 0.4) is 0 Å². The lowest BCUT2D eigenvalue weighted by molar-refractivity contribution is -0.233. The molecule has 0 radical (unpaired) electrons. The molecule has 0 bridgehead atoms. The van der Waals surface area contributed by atoms with Crippen LogP contribution in [0, 0.1) is 10.8 Å². The number of phosphoric ester groups is 4. The second-order valence-corrected chi connectivity index (χ2v) is 21.9. The maximum Gasteiger partial charge on any atom is 0.267 e. The van der Waals surface area contributed by atoms with Crippen LogP contribution in [0.5, 0.6) is 0 Å². The minimum atomic E-state index is -4.56. The zero-order chi connectivity index (χ0) is 38.2. The first kappa shape index (κ1) is 51.1. The van der Waals surface area contributed by atoms with Crippen molar-refractivity contribution in [2.24, 2.45) is 10.8 Å². The van der Waals surface area contributed by atoms with E-state index in [4.69, 9.17) is 18.1 Å². The van der Waals surface area contributed by atoms with Gasteiger partial charge < -0.3 is 55.8 Å². The quantitative estimate of drug-likeness (QED) is 0.0397. The van der Waals surface area contributed by atoms with Crippen LogP contribution in [0.2, 0.25) is 0 Å². The number of unbranched alkanes of at least 4 members (excludes halogenated alkanes) is 6. The molecule has 0 amide bonds. The summed E-state index contributed by atoms with van der Waals surface area (Å²) < 4.78 is 84.5. The largest absolute Gasteiger partial charge is 0.756 e. The van der Waals surface area contributed by atoms with E-state index in [1.807, 2.05) is 41.5 Å². The van der Waals surface area contributed by atoms with E-state index in [0.717, 1.165) is 50.0 Å². The standard InChI is InChI=1S/C28H62O16P4S2/c1-27(2,3)15-19-39-47(33,34)43-23-21-41-45(29,30)37-17-11-7-9-13-25-49-50-26-14-10-8-12-18-38-46(31,32)42-22-24-44-48(35,36)40-20-16-28(4,5)6/h7-26H2,1-6H3,(H,29,30)(H,31,32)(H,33,34)(H,35,36)/p-4. The molecule has 0 aromatic heterocycles. The van der Waals surface area contributed by atoms with Crippen LogP contribution in [0.1, 0.15) is 106 Å². The molecule has 302 valence electrons. The zero-order valence-corrected chi connectivity index (χ0v) is 35.5. The van der Waals surface area contributed by atoms with Gasteiger partial charge in [-0.3, -0.25) is 18.3 Å². The van der Waals surface area contributed by atoms with E-state index in [9.17, 15) is 37.8 Å². The maximum absolute atomic E-state index is 11.8. The summed E-state index contributed by atoms with van der Waals surface area (Å²) in [5.74, 6) is 1.90. The van der Waals surface area contributed by atoms with Crippen LogP contribution in [0.15, 0.2) is 0 Å². The van der Waals surface area contributed by atoms with E-state index >= 15 is 0 Å². The summed E-state index contributed by atoms with van der Waals surface area (Å²) in [7, 11) is -14.7. The zero-order valence-electron chi connectivity index (χ0n) is 30.3. The smallest absolute Gasteiger partial charge is 0.267 e. The fourth-order valence-corrected chi connectivity index (χ4v) is 8.50. The third-order valence-electron chi connectivity index (χ3n) is 6.19. The molecule has 0 saturated carbocycles. The van der Waals surface area contributed by atoms with E-state index in [1.165, 1.54) is 0 Å². The summed E-state index contributed by atoms with van der Waals surface area (Å²) in [5.41, 5.74) is -0.210. The van der Waals surface area contributed by atoms with Crippen molar-refractivity contribution in [3.05, 3.63) is 0 Å². The van der Waals surface area contributed by atoms with Gasteiger partial charge in [0, 0.05) is 11.5 Å². The highest BCUT2D eigenvalue weighted by molar-refractivity contribution is 8.76. The van der Waals surface area contributed by atoms with Gasteiger partial charge in [-0.1, -0.05) is 88.8 Å². The van der Waals surface area contributed by atoms with Gasteiger partial charge in [0.2, 0.25) is 0 Å². The summed E-state index contributed by atoms with van der Waals surface area (Å²) in [5, 5.41) is 0. The van der Waals surface area contributed by atoms with Crippen LogP contribution in [0.25, 0.3) is 0 Å². The average molecular weight is 839 g/mol. The van der Waals surface area contributed by atoms with Crippen molar-refractivity contribution in [3.63, 3.8) is 0 Å². The number of hydrogen-bond acceptors (Lipinski definition) is 18. The maximum atomic E-state index is 11.8. The molecule has 0 aliphatic rings. The van der Waals surface area contributed by atoms with Gasteiger partial charge in [-0.15, -0.1) is 0 Å². The van der Waals surface area contributed by atoms with Gasteiger partial charge in [0.05, 0.1) is 52.9 Å². The van der Waals surface area contributed by atoms with Crippen molar-refractivity contribution < 1.29 is 74.0 Å². The van der Waals surface area contributed by atoms with Crippen molar-refractivity contribution in [1.82, 2.24) is 0 Å². The van der Waals surface area contributed by atoms with Crippen molar-refractivity contribution in [2.75, 3.05) is 64.4 Å². The summed E-state index contributed by atoms with van der Waals surface area (Å²) >= 11 is 0. The molecule has 50 heavy (non-hydrogen) atoms. The third-order valence-corrected chi connectivity index (χ3v) is 12.8. The highest BCUT2D eigenvalue weighted by Gasteiger charge is 2.17. The lowest BCUT2D eigenvalue weighted by Crippen LogP contribution is -2.16. The molecule has 4 unspecified atom stereocenters. The molecule has 0 aromatic rings. The van der Waals surface area contributed by atoms with E-state index < -0.39 is 57.7 Å². The Labute approximate surface area is 307 Å². The Bertz CT molecular complexity index is 991. The fraction of sp³-hybridized carbons (Fsp3) is 1.00. The SMILES string of the molecule is CC(C)(C)CCOP(=O)([O-])OCCOP(=O)([O-])OCCCCCCSSCCCCCCOP(=O)([O-])OCCOP(=O)([O-])OCCC(C)(C)C. The Morgan fingerprint density at radius 1 is 0.380 bits per heavy atom. The van der Waals surface area contributed by atoms with Gasteiger partial charge in [-0.2, -0.15) is 0 Å². The summed E-state index contributed by atoms with van der Waals surface area (Å²) in [4.78, 5) is 47.0. The molecule has 0 aliphatic heterocycles. The average Bonchev–Trinajstić information content (AvgIpc) is 2.96. The molecule has 0 fully saturated rings. The molecule has 0 N–H and O–H groups in total. The molecule has 16 nitrogen and oxygen atoms in total. The molecule has 0 rings (SSSR count). The third kappa shape index (κ3) is 36.1. The first-order valence-electron chi connectivity index (χ1n) is 16.7. The number of phosphoric acid groups is 4. The lowest BCUT2D eigenvalue weighted by Gasteiger charge is -2.26. The fourth-order valence-electron chi connectivity index (χ4n) is 3.38. The summed E-state index contributed by atoms with van der Waals surface area (Å²) in [6, 6.07) is 0. The van der Waals surface area contributed by atoms with Crippen LogP contribution in [-0.4, -0.2) is 64.4 Å². The van der Waals surface area contributed by atoms with Gasteiger partial charge in [0.25, 0.3) is 31.3 Å². The second kappa shape index (κ2) is 26.9. The van der Waals surface area contributed by atoms with Crippen molar-refractivity contribution in [1.29, 1.82) is 0 Å². The highest BCUT2D eigenvalue weighted by atomic mass is 33.1. The number of hydrogen-bond donors (Lipinski definition) is 0. The molecular weight excluding hydrogens is 780 g/mol. The van der Waals surface area contributed by atoms with Crippen molar-refractivity contribution in [2.45, 2.75) is 106 Å². The monoisotopic (exact) mass is 838 g/mol. The molecule has 0 aromatic carbocycles. The highest BCUT2D eigenvalue weighted by Crippen LogP contribution is 2.42. The van der Waals surface area contributed by atoms with Crippen molar-refractivity contribution >= 4 is 52.9 Å².